The van der Waals surface area contributed by atoms with Gasteiger partial charge in [0.1, 0.15) is 51.7 Å². The number of hydrogen-bond donors (Lipinski definition) is 4. The van der Waals surface area contributed by atoms with Crippen LogP contribution < -0.4 is 15.4 Å². The topological polar surface area (TPSA) is 147 Å². The van der Waals surface area contributed by atoms with Crippen molar-refractivity contribution in [2.24, 2.45) is 0 Å². The molecule has 5 rings (SSSR count). The number of nitrogens with one attached hydrogen (secondary N) is 2. The third kappa shape index (κ3) is 9.42. The molecule has 0 aliphatic rings. The third-order valence-corrected chi connectivity index (χ3v) is 6.44. The number of carbonyl (C=O) groups excluding carboxylic acids is 2. The molecule has 0 unspecified atom stereocenters. The Labute approximate surface area is 271 Å². The lowest BCUT2D eigenvalue weighted by molar-refractivity contribution is 0.101. The predicted molar refractivity (Wildman–Crippen MR) is 177 cm³/mol. The zero-order valence-electron chi connectivity index (χ0n) is 25.3. The monoisotopic (exact) mass is 623 g/mol. The van der Waals surface area contributed by atoms with E-state index in [1.165, 1.54) is 48.5 Å². The highest BCUT2D eigenvalue weighted by atomic mass is 16.5. The SMILES string of the molecule is CCCCOc1cc(C#Cc2cccc(NC(=O)c3ccc(O)cc3)n2)nc(C#Cc2cccc(NC(=O)c3ccc(O)cc3)n2)c1. The summed E-state index contributed by atoms with van der Waals surface area (Å²) in [6.45, 7) is 2.60. The molecule has 4 N–H and O–H groups in total. The second-order valence-corrected chi connectivity index (χ2v) is 10.1. The summed E-state index contributed by atoms with van der Waals surface area (Å²) in [5.74, 6) is 12.6. The summed E-state index contributed by atoms with van der Waals surface area (Å²) in [5.41, 5.74) is 2.39. The minimum atomic E-state index is -0.371. The van der Waals surface area contributed by atoms with Crippen LogP contribution in [0, 0.1) is 23.7 Å². The minimum absolute atomic E-state index is 0.0681. The largest absolute Gasteiger partial charge is 0.508 e. The lowest BCUT2D eigenvalue weighted by atomic mass is 10.2. The summed E-state index contributed by atoms with van der Waals surface area (Å²) in [6, 6.07) is 25.4. The average molecular weight is 624 g/mol. The number of phenolic OH excluding ortho intramolecular Hbond substituents is 2. The van der Waals surface area contributed by atoms with Crippen molar-refractivity contribution < 1.29 is 24.5 Å². The quantitative estimate of drug-likeness (QED) is 0.126. The molecular weight excluding hydrogens is 594 g/mol. The highest BCUT2D eigenvalue weighted by molar-refractivity contribution is 6.04. The maximum Gasteiger partial charge on any atom is 0.256 e. The normalized spacial score (nSPS) is 10.1. The number of ether oxygens (including phenoxy) is 1. The van der Waals surface area contributed by atoms with Crippen LogP contribution in [0.3, 0.4) is 0 Å². The van der Waals surface area contributed by atoms with Crippen LogP contribution in [0.4, 0.5) is 11.6 Å². The molecule has 0 bridgehead atoms. The maximum atomic E-state index is 12.6. The van der Waals surface area contributed by atoms with Gasteiger partial charge < -0.3 is 25.6 Å². The Morgan fingerprint density at radius 1 is 0.638 bits per heavy atom. The maximum absolute atomic E-state index is 12.6. The molecule has 0 saturated carbocycles. The molecule has 0 atom stereocenters. The Morgan fingerprint density at radius 3 is 1.53 bits per heavy atom. The van der Waals surface area contributed by atoms with Crippen molar-refractivity contribution in [3.05, 3.63) is 131 Å². The highest BCUT2D eigenvalue weighted by Crippen LogP contribution is 2.16. The van der Waals surface area contributed by atoms with Crippen LogP contribution in [0.2, 0.25) is 0 Å². The van der Waals surface area contributed by atoms with Gasteiger partial charge in [-0.1, -0.05) is 25.5 Å². The number of nitrogens with zero attached hydrogens (tertiary/aromatic N) is 3. The number of unbranched alkanes of at least 4 members (excludes halogenated alkanes) is 1. The molecule has 10 nitrogen and oxygen atoms in total. The van der Waals surface area contributed by atoms with E-state index in [1.54, 1.807) is 48.5 Å². The van der Waals surface area contributed by atoms with Crippen molar-refractivity contribution in [2.75, 3.05) is 17.2 Å². The van der Waals surface area contributed by atoms with Gasteiger partial charge in [-0.15, -0.1) is 0 Å². The van der Waals surface area contributed by atoms with Gasteiger partial charge in [-0.05, 0) is 103 Å². The lowest BCUT2D eigenvalue weighted by Gasteiger charge is -2.06. The Morgan fingerprint density at radius 2 is 1.09 bits per heavy atom. The van der Waals surface area contributed by atoms with E-state index in [0.29, 0.717) is 57.9 Å². The van der Waals surface area contributed by atoms with Crippen molar-refractivity contribution in [2.45, 2.75) is 19.8 Å². The molecule has 0 saturated heterocycles. The third-order valence-electron chi connectivity index (χ3n) is 6.44. The standard InChI is InChI=1S/C37H29N5O5/c1-2-3-22-47-33-23-29(16-14-27-6-4-8-34(39-27)41-36(45)25-10-18-31(43)19-11-25)38-30(24-33)17-15-28-7-5-9-35(40-28)42-37(46)26-12-20-32(44)21-13-26/h4-13,18-21,23-24,43-44H,2-3,22H2,1H3,(H,39,41,45)(H,40,42,46). The van der Waals surface area contributed by atoms with Crippen molar-refractivity contribution in [1.29, 1.82) is 0 Å². The van der Waals surface area contributed by atoms with Gasteiger partial charge in [0.25, 0.3) is 11.8 Å². The number of phenols is 2. The van der Waals surface area contributed by atoms with Crippen LogP contribution in [-0.2, 0) is 0 Å². The molecule has 232 valence electrons. The van der Waals surface area contributed by atoms with E-state index in [9.17, 15) is 19.8 Å². The molecule has 47 heavy (non-hydrogen) atoms. The number of aromatic hydroxyl groups is 2. The Kier molecular flexibility index (Phi) is 10.4. The first kappa shape index (κ1) is 31.8. The van der Waals surface area contributed by atoms with Gasteiger partial charge in [0.15, 0.2) is 0 Å². The summed E-state index contributed by atoms with van der Waals surface area (Å²) in [5, 5.41) is 24.4. The van der Waals surface area contributed by atoms with E-state index in [1.807, 2.05) is 0 Å². The van der Waals surface area contributed by atoms with Gasteiger partial charge in [0, 0.05) is 23.3 Å². The molecule has 3 heterocycles. The van der Waals surface area contributed by atoms with Crippen LogP contribution in [-0.4, -0.2) is 43.6 Å². The van der Waals surface area contributed by atoms with Gasteiger partial charge in [-0.25, -0.2) is 15.0 Å². The fraction of sp³-hybridized carbons (Fsp3) is 0.108. The fourth-order valence-electron chi connectivity index (χ4n) is 4.06. The fourth-order valence-corrected chi connectivity index (χ4v) is 4.06. The molecule has 3 aromatic heterocycles. The lowest BCUT2D eigenvalue weighted by Crippen LogP contribution is -2.12. The van der Waals surface area contributed by atoms with Gasteiger partial charge >= 0.3 is 0 Å². The van der Waals surface area contributed by atoms with Gasteiger partial charge in [0.05, 0.1) is 6.61 Å². The van der Waals surface area contributed by atoms with Crippen LogP contribution in [0.1, 0.15) is 63.3 Å². The van der Waals surface area contributed by atoms with Crippen LogP contribution >= 0.6 is 0 Å². The first-order valence-corrected chi connectivity index (χ1v) is 14.7. The molecule has 0 aliphatic carbocycles. The highest BCUT2D eigenvalue weighted by Gasteiger charge is 2.09. The number of hydrogen-bond acceptors (Lipinski definition) is 8. The molecule has 0 spiro atoms. The molecule has 2 aromatic carbocycles. The second kappa shape index (κ2) is 15.4. The van der Waals surface area contributed by atoms with E-state index >= 15 is 0 Å². The van der Waals surface area contributed by atoms with Gasteiger partial charge in [-0.2, -0.15) is 0 Å². The van der Waals surface area contributed by atoms with E-state index in [0.717, 1.165) is 12.8 Å². The zero-order chi connectivity index (χ0) is 33.0. The van der Waals surface area contributed by atoms with Crippen molar-refractivity contribution in [3.63, 3.8) is 0 Å². The Bertz CT molecular complexity index is 1880. The Balaban J connectivity index is 1.34. The van der Waals surface area contributed by atoms with E-state index in [4.69, 9.17) is 4.74 Å². The molecular formula is C37H29N5O5. The summed E-state index contributed by atoms with van der Waals surface area (Å²) in [7, 11) is 0. The van der Waals surface area contributed by atoms with E-state index < -0.39 is 0 Å². The van der Waals surface area contributed by atoms with Crippen LogP contribution in [0.5, 0.6) is 17.2 Å². The van der Waals surface area contributed by atoms with Crippen molar-refractivity contribution in [3.8, 4) is 40.9 Å². The van der Waals surface area contributed by atoms with Crippen LogP contribution in [0.15, 0.2) is 97.1 Å². The molecule has 5 aromatic rings. The number of rotatable bonds is 8. The summed E-state index contributed by atoms with van der Waals surface area (Å²) >= 11 is 0. The number of aromatic nitrogens is 3. The number of amides is 2. The number of benzene rings is 2. The van der Waals surface area contributed by atoms with Crippen molar-refractivity contribution >= 4 is 23.5 Å². The molecule has 0 radical (unpaired) electrons. The number of anilines is 2. The molecule has 0 aliphatic heterocycles. The summed E-state index contributed by atoms with van der Waals surface area (Å²) < 4.78 is 5.92. The molecule has 0 fully saturated rings. The van der Waals surface area contributed by atoms with E-state index in [-0.39, 0.29) is 23.3 Å². The predicted octanol–water partition coefficient (Wildman–Crippen LogP) is 5.77. The minimum Gasteiger partial charge on any atom is -0.508 e. The Hall–Kier alpha value is -6.65. The molecule has 2 amide bonds. The van der Waals surface area contributed by atoms with E-state index in [2.05, 4.69) is 56.2 Å². The smallest absolute Gasteiger partial charge is 0.256 e. The average Bonchev–Trinajstić information content (AvgIpc) is 3.07. The number of carbonyl (C=O) groups is 2. The van der Waals surface area contributed by atoms with Gasteiger partial charge in [0.2, 0.25) is 0 Å². The summed E-state index contributed by atoms with van der Waals surface area (Å²) in [4.78, 5) is 38.5. The number of pyridine rings is 3. The second-order valence-electron chi connectivity index (χ2n) is 10.1. The summed E-state index contributed by atoms with van der Waals surface area (Å²) in [6.07, 6.45) is 1.85. The van der Waals surface area contributed by atoms with Crippen molar-refractivity contribution in [1.82, 2.24) is 15.0 Å². The first-order chi connectivity index (χ1) is 22.8. The van der Waals surface area contributed by atoms with Gasteiger partial charge in [-0.3, -0.25) is 9.59 Å². The first-order valence-electron chi connectivity index (χ1n) is 14.7. The zero-order valence-corrected chi connectivity index (χ0v) is 25.3. The molecule has 10 heteroatoms. The van der Waals surface area contributed by atoms with Crippen LogP contribution in [0.25, 0.3) is 0 Å².